The fourth-order valence-corrected chi connectivity index (χ4v) is 6.49. The summed E-state index contributed by atoms with van der Waals surface area (Å²) < 4.78 is 18.4. The van der Waals surface area contributed by atoms with Gasteiger partial charge in [0.25, 0.3) is 5.91 Å². The number of furan rings is 1. The highest BCUT2D eigenvalue weighted by atomic mass is 28.4. The first-order chi connectivity index (χ1) is 20.3. The number of aromatic nitrogens is 2. The molecule has 0 saturated carbocycles. The van der Waals surface area contributed by atoms with Crippen LogP contribution in [-0.2, 0) is 9.16 Å². The number of carbonyl (C=O) groups is 2. The van der Waals surface area contributed by atoms with Crippen molar-refractivity contribution in [2.75, 3.05) is 23.3 Å². The summed E-state index contributed by atoms with van der Waals surface area (Å²) in [6, 6.07) is 6.84. The van der Waals surface area contributed by atoms with E-state index in [-0.39, 0.29) is 40.6 Å². The van der Waals surface area contributed by atoms with Gasteiger partial charge in [0.1, 0.15) is 22.6 Å². The van der Waals surface area contributed by atoms with E-state index in [1.165, 1.54) is 0 Å². The van der Waals surface area contributed by atoms with E-state index in [0.717, 1.165) is 11.4 Å². The first-order valence-corrected chi connectivity index (χ1v) is 18.3. The van der Waals surface area contributed by atoms with Crippen LogP contribution >= 0.6 is 0 Å². The Hall–Kier alpha value is -3.44. The molecule has 3 atom stereocenters. The fraction of sp³-hybridized carbons (Fsp3) is 0.576. The second kappa shape index (κ2) is 12.5. The number of anilines is 2. The Labute approximate surface area is 262 Å². The minimum atomic E-state index is -2.16. The molecule has 4 heterocycles. The number of ether oxygens (including phenoxy) is 1. The largest absolute Gasteiger partial charge is 0.459 e. The molecule has 0 spiro atoms. The van der Waals surface area contributed by atoms with Gasteiger partial charge in [0.05, 0.1) is 29.7 Å². The van der Waals surface area contributed by atoms with Crippen LogP contribution in [0.2, 0.25) is 18.1 Å². The van der Waals surface area contributed by atoms with Crippen LogP contribution in [0.3, 0.4) is 0 Å². The van der Waals surface area contributed by atoms with Gasteiger partial charge >= 0.3 is 6.09 Å². The number of hydrogen-bond acceptors (Lipinski definition) is 8. The Kier molecular flexibility index (Phi) is 9.51. The zero-order valence-corrected chi connectivity index (χ0v) is 29.1. The van der Waals surface area contributed by atoms with Crippen LogP contribution in [0.15, 0.2) is 41.1 Å². The van der Waals surface area contributed by atoms with Gasteiger partial charge in [-0.05, 0) is 57.1 Å². The number of nitrogens with zero attached hydrogens (tertiary/aromatic N) is 3. The molecule has 3 aromatic rings. The number of nitrogens with one attached hydrogen (secondary N) is 2. The number of rotatable bonds is 7. The van der Waals surface area contributed by atoms with Gasteiger partial charge in [-0.2, -0.15) is 0 Å². The maximum Gasteiger partial charge on any atom is 0.408 e. The van der Waals surface area contributed by atoms with Crippen molar-refractivity contribution in [3.63, 3.8) is 0 Å². The lowest BCUT2D eigenvalue weighted by Gasteiger charge is -2.48. The average molecular weight is 624 g/mol. The van der Waals surface area contributed by atoms with E-state index in [9.17, 15) is 9.59 Å². The van der Waals surface area contributed by atoms with Crippen LogP contribution in [0.4, 0.5) is 16.2 Å². The van der Waals surface area contributed by atoms with Crippen molar-refractivity contribution < 1.29 is 23.2 Å². The minimum absolute atomic E-state index is 0.00668. The van der Waals surface area contributed by atoms with E-state index in [1.807, 2.05) is 46.8 Å². The number of pyridine rings is 2. The van der Waals surface area contributed by atoms with Crippen molar-refractivity contribution in [1.82, 2.24) is 15.3 Å². The van der Waals surface area contributed by atoms with E-state index in [0.29, 0.717) is 29.9 Å². The SMILES string of the molecule is CC(C)c1cc2nc(C(=O)Nc3cnccc3N3C[C@H](C)C(O[Si](C)(C)C(C)(C)C)[C@H](NC(=O)OC(C)(C)C)C3)ccc2o1. The van der Waals surface area contributed by atoms with Gasteiger partial charge in [-0.15, -0.1) is 0 Å². The van der Waals surface area contributed by atoms with Crippen LogP contribution in [0.25, 0.3) is 11.1 Å². The van der Waals surface area contributed by atoms with Crippen LogP contribution in [0, 0.1) is 5.92 Å². The molecule has 240 valence electrons. The molecule has 0 radical (unpaired) electrons. The Morgan fingerprint density at radius 3 is 2.43 bits per heavy atom. The predicted octanol–water partition coefficient (Wildman–Crippen LogP) is 7.34. The second-order valence-corrected chi connectivity index (χ2v) is 19.5. The van der Waals surface area contributed by atoms with Gasteiger partial charge in [-0.3, -0.25) is 9.78 Å². The first kappa shape index (κ1) is 33.4. The second-order valence-electron chi connectivity index (χ2n) is 14.7. The lowest BCUT2D eigenvalue weighted by Crippen LogP contribution is -2.63. The number of fused-ring (bicyclic) bond motifs is 1. The van der Waals surface area contributed by atoms with Gasteiger partial charge < -0.3 is 29.1 Å². The van der Waals surface area contributed by atoms with E-state index in [4.69, 9.17) is 13.6 Å². The van der Waals surface area contributed by atoms with Gasteiger partial charge in [0, 0.05) is 37.2 Å². The molecule has 11 heteroatoms. The summed E-state index contributed by atoms with van der Waals surface area (Å²) in [5, 5.41) is 6.14. The molecule has 4 rings (SSSR count). The molecule has 1 saturated heterocycles. The van der Waals surface area contributed by atoms with Crippen molar-refractivity contribution in [3.8, 4) is 0 Å². The lowest BCUT2D eigenvalue weighted by molar-refractivity contribution is 0.0336. The van der Waals surface area contributed by atoms with Crippen molar-refractivity contribution in [1.29, 1.82) is 0 Å². The molecule has 1 aliphatic heterocycles. The molecule has 2 amide bonds. The summed E-state index contributed by atoms with van der Waals surface area (Å²) in [5.41, 5.74) is 2.29. The monoisotopic (exact) mass is 623 g/mol. The lowest BCUT2D eigenvalue weighted by atomic mass is 9.92. The van der Waals surface area contributed by atoms with Crippen molar-refractivity contribution in [3.05, 3.63) is 48.1 Å². The van der Waals surface area contributed by atoms with Crippen LogP contribution < -0.4 is 15.5 Å². The zero-order chi connectivity index (χ0) is 32.6. The van der Waals surface area contributed by atoms with Crippen molar-refractivity contribution in [2.45, 2.75) is 104 Å². The quantitative estimate of drug-likeness (QED) is 0.263. The van der Waals surface area contributed by atoms with Crippen LogP contribution in [0.5, 0.6) is 0 Å². The molecular formula is C33H49N5O5Si. The molecular weight excluding hydrogens is 574 g/mol. The molecule has 1 fully saturated rings. The predicted molar refractivity (Wildman–Crippen MR) is 177 cm³/mol. The van der Waals surface area contributed by atoms with Gasteiger partial charge in [0.15, 0.2) is 13.9 Å². The third-order valence-corrected chi connectivity index (χ3v) is 12.9. The summed E-state index contributed by atoms with van der Waals surface area (Å²) in [6.07, 6.45) is 2.65. The number of alkyl carbamates (subject to hydrolysis) is 1. The van der Waals surface area contributed by atoms with Gasteiger partial charge in [0.2, 0.25) is 0 Å². The Bertz CT molecular complexity index is 1490. The number of carbonyl (C=O) groups excluding carboxylic acids is 2. The molecule has 0 aromatic carbocycles. The molecule has 3 aromatic heterocycles. The highest BCUT2D eigenvalue weighted by Crippen LogP contribution is 2.40. The highest BCUT2D eigenvalue weighted by Gasteiger charge is 2.45. The smallest absolute Gasteiger partial charge is 0.408 e. The van der Waals surface area contributed by atoms with E-state index in [1.54, 1.807) is 24.5 Å². The highest BCUT2D eigenvalue weighted by molar-refractivity contribution is 6.74. The number of amides is 2. The molecule has 10 nitrogen and oxygen atoms in total. The molecule has 44 heavy (non-hydrogen) atoms. The van der Waals surface area contributed by atoms with Crippen LogP contribution in [-0.4, -0.2) is 61.1 Å². The van der Waals surface area contributed by atoms with Crippen LogP contribution in [0.1, 0.15) is 84.5 Å². The van der Waals surface area contributed by atoms with Gasteiger partial charge in [-0.1, -0.05) is 41.5 Å². The van der Waals surface area contributed by atoms with E-state index in [2.05, 4.69) is 66.3 Å². The molecule has 0 bridgehead atoms. The standard InChI is InChI=1S/C33H49N5O5Si/c1-20(2)28-16-23-27(41-28)13-12-22(35-23)30(39)36-24-17-34-15-14-26(24)38-18-21(3)29(43-44(10,11)33(7,8)9)25(19-38)37-31(40)42-32(4,5)6/h12-17,20-21,25,29H,18-19H2,1-11H3,(H,36,39)(H,37,40)/t21-,25+,29?/m0/s1. The summed E-state index contributed by atoms with van der Waals surface area (Å²) in [6.45, 7) is 24.0. The summed E-state index contributed by atoms with van der Waals surface area (Å²) in [5.74, 6) is 0.756. The Morgan fingerprint density at radius 2 is 1.80 bits per heavy atom. The normalized spacial score (nSPS) is 19.7. The number of piperidine rings is 1. The van der Waals surface area contributed by atoms with Gasteiger partial charge in [-0.25, -0.2) is 9.78 Å². The Balaban J connectivity index is 1.60. The zero-order valence-electron chi connectivity index (χ0n) is 28.1. The maximum atomic E-state index is 13.4. The first-order valence-electron chi connectivity index (χ1n) is 15.4. The summed E-state index contributed by atoms with van der Waals surface area (Å²) >= 11 is 0. The van der Waals surface area contributed by atoms with E-state index < -0.39 is 20.0 Å². The third kappa shape index (κ3) is 7.79. The molecule has 0 aliphatic carbocycles. The summed E-state index contributed by atoms with van der Waals surface area (Å²) in [4.78, 5) is 37.4. The number of hydrogen-bond donors (Lipinski definition) is 2. The van der Waals surface area contributed by atoms with Crippen molar-refractivity contribution >= 4 is 42.8 Å². The third-order valence-electron chi connectivity index (χ3n) is 8.40. The maximum absolute atomic E-state index is 13.4. The summed E-state index contributed by atoms with van der Waals surface area (Å²) in [7, 11) is -2.16. The molecule has 1 aliphatic rings. The van der Waals surface area contributed by atoms with E-state index >= 15 is 0 Å². The minimum Gasteiger partial charge on any atom is -0.459 e. The molecule has 1 unspecified atom stereocenters. The molecule has 2 N–H and O–H groups in total. The van der Waals surface area contributed by atoms with Crippen molar-refractivity contribution in [2.24, 2.45) is 5.92 Å². The fourth-order valence-electron chi connectivity index (χ4n) is 5.06. The topological polar surface area (TPSA) is 119 Å². The average Bonchev–Trinajstić information content (AvgIpc) is 3.33. The Morgan fingerprint density at radius 1 is 1.09 bits per heavy atom.